The molecule has 1 aliphatic rings. The summed E-state index contributed by atoms with van der Waals surface area (Å²) < 4.78 is 0. The monoisotopic (exact) mass is 280 g/mol. The van der Waals surface area contributed by atoms with E-state index >= 15 is 0 Å². The second-order valence-corrected chi connectivity index (χ2v) is 6.54. The predicted molar refractivity (Wildman–Crippen MR) is 82.7 cm³/mol. The molecule has 1 aliphatic heterocycles. The van der Waals surface area contributed by atoms with Crippen LogP contribution in [0.1, 0.15) is 31.9 Å². The van der Waals surface area contributed by atoms with Crippen molar-refractivity contribution in [3.63, 3.8) is 0 Å². The van der Waals surface area contributed by atoms with Gasteiger partial charge >= 0.3 is 0 Å². The molecule has 2 atom stereocenters. The lowest BCUT2D eigenvalue weighted by Crippen LogP contribution is -2.56. The Labute approximate surface area is 122 Å². The molecule has 0 radical (unpaired) electrons. The quantitative estimate of drug-likeness (QED) is 0.912. The van der Waals surface area contributed by atoms with Crippen molar-refractivity contribution in [2.75, 3.05) is 13.1 Å². The van der Waals surface area contributed by atoms with E-state index in [2.05, 4.69) is 56.1 Å². The van der Waals surface area contributed by atoms with Crippen LogP contribution in [-0.4, -0.2) is 30.1 Å². The molecule has 1 saturated heterocycles. The van der Waals surface area contributed by atoms with Gasteiger partial charge in [0, 0.05) is 36.7 Å². The normalized spacial score (nSPS) is 24.9. The van der Waals surface area contributed by atoms with Crippen LogP contribution in [0.4, 0.5) is 0 Å². The molecule has 1 aromatic rings. The van der Waals surface area contributed by atoms with Crippen LogP contribution in [0.15, 0.2) is 18.2 Å². The van der Waals surface area contributed by atoms with Gasteiger partial charge in [0.25, 0.3) is 0 Å². The minimum absolute atomic E-state index is 0.562. The van der Waals surface area contributed by atoms with Crippen molar-refractivity contribution < 1.29 is 0 Å². The van der Waals surface area contributed by atoms with Crippen molar-refractivity contribution >= 4 is 11.6 Å². The van der Waals surface area contributed by atoms with Gasteiger partial charge in [-0.05, 0) is 37.0 Å². The molecule has 2 unspecified atom stereocenters. The van der Waals surface area contributed by atoms with Crippen molar-refractivity contribution in [1.82, 2.24) is 10.2 Å². The van der Waals surface area contributed by atoms with Crippen LogP contribution >= 0.6 is 11.6 Å². The Morgan fingerprint density at radius 1 is 1.42 bits per heavy atom. The first kappa shape index (κ1) is 14.8. The molecule has 1 fully saturated rings. The Balaban J connectivity index is 2.07. The molecule has 2 nitrogen and oxygen atoms in total. The minimum atomic E-state index is 0.562. The molecule has 19 heavy (non-hydrogen) atoms. The first-order chi connectivity index (χ1) is 8.97. The summed E-state index contributed by atoms with van der Waals surface area (Å²) in [5.74, 6) is 0.670. The van der Waals surface area contributed by atoms with Crippen LogP contribution in [0.2, 0.25) is 5.02 Å². The highest BCUT2D eigenvalue weighted by atomic mass is 35.5. The third kappa shape index (κ3) is 3.71. The van der Waals surface area contributed by atoms with Gasteiger partial charge in [0.1, 0.15) is 0 Å². The number of nitrogens with one attached hydrogen (secondary N) is 1. The molecular weight excluding hydrogens is 256 g/mol. The second-order valence-electron chi connectivity index (χ2n) is 6.13. The summed E-state index contributed by atoms with van der Waals surface area (Å²) in [5.41, 5.74) is 2.46. The zero-order valence-electron chi connectivity index (χ0n) is 12.4. The Hall–Kier alpha value is -0.570. The first-order valence-electron chi connectivity index (χ1n) is 7.20. The standard InChI is InChI=1S/C16H25ClN2/c1-11(2)16-10-19(13(4)8-18-16)9-14-6-5-12(3)7-15(14)17/h5-7,11,13,16,18H,8-10H2,1-4H3. The Morgan fingerprint density at radius 3 is 2.79 bits per heavy atom. The Morgan fingerprint density at radius 2 is 2.16 bits per heavy atom. The van der Waals surface area contributed by atoms with Crippen LogP contribution in [0.3, 0.4) is 0 Å². The van der Waals surface area contributed by atoms with Crippen molar-refractivity contribution in [2.45, 2.75) is 46.3 Å². The maximum absolute atomic E-state index is 6.35. The predicted octanol–water partition coefficient (Wildman–Crippen LogP) is 3.47. The van der Waals surface area contributed by atoms with E-state index in [9.17, 15) is 0 Å². The first-order valence-corrected chi connectivity index (χ1v) is 7.57. The molecule has 0 amide bonds. The van der Waals surface area contributed by atoms with Gasteiger partial charge in [0.2, 0.25) is 0 Å². The number of nitrogens with zero attached hydrogens (tertiary/aromatic N) is 1. The highest BCUT2D eigenvalue weighted by molar-refractivity contribution is 6.31. The van der Waals surface area contributed by atoms with Crippen LogP contribution in [-0.2, 0) is 6.54 Å². The van der Waals surface area contributed by atoms with E-state index in [-0.39, 0.29) is 0 Å². The zero-order chi connectivity index (χ0) is 14.0. The number of piperazine rings is 1. The summed E-state index contributed by atoms with van der Waals surface area (Å²) in [5, 5.41) is 4.53. The Bertz CT molecular complexity index is 431. The van der Waals surface area contributed by atoms with E-state index in [1.165, 1.54) is 11.1 Å². The average molecular weight is 281 g/mol. The molecule has 0 aromatic heterocycles. The molecule has 0 bridgehead atoms. The zero-order valence-corrected chi connectivity index (χ0v) is 13.2. The van der Waals surface area contributed by atoms with E-state index < -0.39 is 0 Å². The van der Waals surface area contributed by atoms with Gasteiger partial charge in [0.05, 0.1) is 0 Å². The van der Waals surface area contributed by atoms with Gasteiger partial charge < -0.3 is 5.32 Å². The third-order valence-electron chi connectivity index (χ3n) is 4.12. The van der Waals surface area contributed by atoms with Crippen molar-refractivity contribution in [1.29, 1.82) is 0 Å². The molecule has 1 N–H and O–H groups in total. The summed E-state index contributed by atoms with van der Waals surface area (Å²) in [6, 6.07) is 7.52. The molecule has 3 heteroatoms. The van der Waals surface area contributed by atoms with Gasteiger partial charge in [-0.2, -0.15) is 0 Å². The van der Waals surface area contributed by atoms with E-state index in [1.54, 1.807) is 0 Å². The van der Waals surface area contributed by atoms with Crippen LogP contribution < -0.4 is 5.32 Å². The largest absolute Gasteiger partial charge is 0.311 e. The molecule has 0 aliphatic carbocycles. The van der Waals surface area contributed by atoms with E-state index in [1.807, 2.05) is 0 Å². The van der Waals surface area contributed by atoms with Gasteiger partial charge in [-0.3, -0.25) is 4.90 Å². The molecule has 106 valence electrons. The average Bonchev–Trinajstić information content (AvgIpc) is 2.34. The van der Waals surface area contributed by atoms with Gasteiger partial charge in [-0.15, -0.1) is 0 Å². The topological polar surface area (TPSA) is 15.3 Å². The number of aryl methyl sites for hydroxylation is 1. The lowest BCUT2D eigenvalue weighted by molar-refractivity contribution is 0.116. The van der Waals surface area contributed by atoms with Gasteiger partial charge in [0.15, 0.2) is 0 Å². The van der Waals surface area contributed by atoms with E-state index in [0.29, 0.717) is 18.0 Å². The summed E-state index contributed by atoms with van der Waals surface area (Å²) in [6.45, 7) is 12.0. The van der Waals surface area contributed by atoms with Crippen molar-refractivity contribution in [3.05, 3.63) is 34.3 Å². The molecule has 0 saturated carbocycles. The van der Waals surface area contributed by atoms with Crippen LogP contribution in [0, 0.1) is 12.8 Å². The number of hydrogen-bond donors (Lipinski definition) is 1. The third-order valence-corrected chi connectivity index (χ3v) is 4.47. The lowest BCUT2D eigenvalue weighted by Gasteiger charge is -2.40. The number of rotatable bonds is 3. The van der Waals surface area contributed by atoms with Crippen molar-refractivity contribution in [2.24, 2.45) is 5.92 Å². The second kappa shape index (κ2) is 6.25. The summed E-state index contributed by atoms with van der Waals surface area (Å²) in [4.78, 5) is 2.54. The molecule has 0 spiro atoms. The smallest absolute Gasteiger partial charge is 0.0453 e. The summed E-state index contributed by atoms with van der Waals surface area (Å²) >= 11 is 6.35. The molecule has 1 aromatic carbocycles. The van der Waals surface area contributed by atoms with Gasteiger partial charge in [-0.25, -0.2) is 0 Å². The Kier molecular flexibility index (Phi) is 4.88. The van der Waals surface area contributed by atoms with E-state index in [0.717, 1.165) is 24.7 Å². The fourth-order valence-corrected chi connectivity index (χ4v) is 2.91. The minimum Gasteiger partial charge on any atom is -0.311 e. The highest BCUT2D eigenvalue weighted by Gasteiger charge is 2.26. The van der Waals surface area contributed by atoms with E-state index in [4.69, 9.17) is 11.6 Å². The van der Waals surface area contributed by atoms with Crippen LogP contribution in [0.25, 0.3) is 0 Å². The SMILES string of the molecule is Cc1ccc(CN2CC(C(C)C)NCC2C)c(Cl)c1. The summed E-state index contributed by atoms with van der Waals surface area (Å²) in [6.07, 6.45) is 0. The molecule has 1 heterocycles. The summed E-state index contributed by atoms with van der Waals surface area (Å²) in [7, 11) is 0. The number of halogens is 1. The number of benzene rings is 1. The maximum Gasteiger partial charge on any atom is 0.0453 e. The fourth-order valence-electron chi connectivity index (χ4n) is 2.61. The fraction of sp³-hybridized carbons (Fsp3) is 0.625. The van der Waals surface area contributed by atoms with Gasteiger partial charge in [-0.1, -0.05) is 37.6 Å². The maximum atomic E-state index is 6.35. The molecule has 2 rings (SSSR count). The van der Waals surface area contributed by atoms with Crippen LogP contribution in [0.5, 0.6) is 0 Å². The highest BCUT2D eigenvalue weighted by Crippen LogP contribution is 2.22. The lowest BCUT2D eigenvalue weighted by atomic mass is 9.99. The molecular formula is C16H25ClN2. The number of hydrogen-bond acceptors (Lipinski definition) is 2. The van der Waals surface area contributed by atoms with Crippen molar-refractivity contribution in [3.8, 4) is 0 Å².